The molecule has 1 N–H and O–H groups in total. The second-order valence-electron chi connectivity index (χ2n) is 5.49. The van der Waals surface area contributed by atoms with Crippen molar-refractivity contribution in [3.05, 3.63) is 54.1 Å². The molecule has 3 rings (SSSR count). The lowest BCUT2D eigenvalue weighted by molar-refractivity contribution is -0.118. The normalized spacial score (nSPS) is 14.4. The third-order valence-electron chi connectivity index (χ3n) is 3.91. The average molecular weight is 328 g/mol. The van der Waals surface area contributed by atoms with Gasteiger partial charge in [-0.25, -0.2) is 4.39 Å². The minimum absolute atomic E-state index is 0.287. The molecule has 0 unspecified atom stereocenters. The van der Waals surface area contributed by atoms with E-state index < -0.39 is 0 Å². The first kappa shape index (κ1) is 15.9. The van der Waals surface area contributed by atoms with Gasteiger partial charge in [0.15, 0.2) is 0 Å². The van der Waals surface area contributed by atoms with Gasteiger partial charge in [-0.15, -0.1) is 0 Å². The number of rotatable bonds is 4. The van der Waals surface area contributed by atoms with Gasteiger partial charge in [-0.3, -0.25) is 14.6 Å². The van der Waals surface area contributed by atoms with Gasteiger partial charge in [0.2, 0.25) is 6.41 Å². The summed E-state index contributed by atoms with van der Waals surface area (Å²) >= 11 is 0. The average Bonchev–Trinajstić information content (AvgIpc) is 2.64. The Morgan fingerprint density at radius 2 is 1.83 bits per heavy atom. The van der Waals surface area contributed by atoms with Gasteiger partial charge < -0.3 is 15.1 Å². The Morgan fingerprint density at radius 3 is 2.50 bits per heavy atom. The van der Waals surface area contributed by atoms with Crippen molar-refractivity contribution in [1.82, 2.24) is 9.88 Å². The zero-order valence-electron chi connectivity index (χ0n) is 13.0. The number of carbonyl (C=O) groups excluding carboxylic acids is 2. The van der Waals surface area contributed by atoms with Crippen molar-refractivity contribution < 1.29 is 14.0 Å². The summed E-state index contributed by atoms with van der Waals surface area (Å²) in [6, 6.07) is 9.12. The summed E-state index contributed by atoms with van der Waals surface area (Å²) in [6.07, 6.45) is 2.44. The molecule has 1 aliphatic heterocycles. The maximum Gasteiger partial charge on any atom is 0.274 e. The molecule has 2 aromatic rings. The molecule has 0 radical (unpaired) electrons. The molecule has 0 spiro atoms. The molecule has 24 heavy (non-hydrogen) atoms. The molecule has 1 aliphatic rings. The van der Waals surface area contributed by atoms with Crippen LogP contribution in [0.25, 0.3) is 0 Å². The van der Waals surface area contributed by atoms with E-state index in [9.17, 15) is 14.0 Å². The highest BCUT2D eigenvalue weighted by molar-refractivity contribution is 6.03. The second-order valence-corrected chi connectivity index (χ2v) is 5.49. The van der Waals surface area contributed by atoms with Crippen molar-refractivity contribution in [2.24, 2.45) is 0 Å². The standard InChI is InChI=1S/C17H17FN4O2/c18-13-1-3-14(4-2-13)20-17(24)16-11-15(5-6-19-16)22-9-7-21(12-23)8-10-22/h1-6,11-12H,7-10H2,(H,20,24). The maximum absolute atomic E-state index is 12.9. The Bertz CT molecular complexity index is 728. The minimum atomic E-state index is -0.359. The van der Waals surface area contributed by atoms with Crippen LogP contribution in [0.15, 0.2) is 42.6 Å². The number of halogens is 1. The molecule has 0 saturated carbocycles. The highest BCUT2D eigenvalue weighted by atomic mass is 19.1. The number of anilines is 2. The number of pyridine rings is 1. The maximum atomic E-state index is 12.9. The summed E-state index contributed by atoms with van der Waals surface area (Å²) in [4.78, 5) is 31.0. The first-order valence-electron chi connectivity index (χ1n) is 7.63. The van der Waals surface area contributed by atoms with Crippen LogP contribution in [-0.4, -0.2) is 48.4 Å². The fourth-order valence-electron chi connectivity index (χ4n) is 2.55. The number of nitrogens with zero attached hydrogens (tertiary/aromatic N) is 3. The largest absolute Gasteiger partial charge is 0.368 e. The molecule has 124 valence electrons. The Balaban J connectivity index is 1.69. The zero-order valence-corrected chi connectivity index (χ0v) is 13.0. The van der Waals surface area contributed by atoms with Crippen molar-refractivity contribution in [3.63, 3.8) is 0 Å². The summed E-state index contributed by atoms with van der Waals surface area (Å²) in [5.74, 6) is -0.711. The minimum Gasteiger partial charge on any atom is -0.368 e. The lowest BCUT2D eigenvalue weighted by atomic mass is 10.2. The molecule has 0 atom stereocenters. The van der Waals surface area contributed by atoms with E-state index in [-0.39, 0.29) is 17.4 Å². The van der Waals surface area contributed by atoms with E-state index in [2.05, 4.69) is 15.2 Å². The summed E-state index contributed by atoms with van der Waals surface area (Å²) < 4.78 is 12.9. The van der Waals surface area contributed by atoms with Gasteiger partial charge in [-0.05, 0) is 36.4 Å². The second kappa shape index (κ2) is 7.08. The monoisotopic (exact) mass is 328 g/mol. The molecule has 0 aliphatic carbocycles. The SMILES string of the molecule is O=CN1CCN(c2ccnc(C(=O)Nc3ccc(F)cc3)c2)CC1. The quantitative estimate of drug-likeness (QED) is 0.869. The number of piperazine rings is 1. The molecule has 7 heteroatoms. The first-order valence-corrected chi connectivity index (χ1v) is 7.63. The molecule has 2 amide bonds. The van der Waals surface area contributed by atoms with E-state index in [1.54, 1.807) is 17.2 Å². The van der Waals surface area contributed by atoms with Crippen LogP contribution >= 0.6 is 0 Å². The molecular weight excluding hydrogens is 311 g/mol. The number of aromatic nitrogens is 1. The predicted molar refractivity (Wildman–Crippen MR) is 88.4 cm³/mol. The van der Waals surface area contributed by atoms with Crippen LogP contribution in [0.2, 0.25) is 0 Å². The predicted octanol–water partition coefficient (Wildman–Crippen LogP) is 1.75. The molecule has 1 aromatic heterocycles. The summed E-state index contributed by atoms with van der Waals surface area (Å²) in [7, 11) is 0. The van der Waals surface area contributed by atoms with E-state index in [1.807, 2.05) is 6.07 Å². The van der Waals surface area contributed by atoms with Crippen LogP contribution in [0.4, 0.5) is 15.8 Å². The molecule has 2 heterocycles. The van der Waals surface area contributed by atoms with Crippen molar-refractivity contribution >= 4 is 23.7 Å². The van der Waals surface area contributed by atoms with Gasteiger partial charge >= 0.3 is 0 Å². The molecule has 6 nitrogen and oxygen atoms in total. The van der Waals surface area contributed by atoms with Gasteiger partial charge in [-0.1, -0.05) is 0 Å². The molecule has 1 aromatic carbocycles. The summed E-state index contributed by atoms with van der Waals surface area (Å²) in [5, 5.41) is 2.69. The van der Waals surface area contributed by atoms with Crippen molar-refractivity contribution in [1.29, 1.82) is 0 Å². The number of amides is 2. The lowest BCUT2D eigenvalue weighted by Crippen LogP contribution is -2.45. The molecular formula is C17H17FN4O2. The topological polar surface area (TPSA) is 65.5 Å². The lowest BCUT2D eigenvalue weighted by Gasteiger charge is -2.34. The molecule has 0 bridgehead atoms. The number of nitrogens with one attached hydrogen (secondary N) is 1. The highest BCUT2D eigenvalue weighted by Crippen LogP contribution is 2.17. The van der Waals surface area contributed by atoms with Crippen LogP contribution in [-0.2, 0) is 4.79 Å². The van der Waals surface area contributed by atoms with Crippen LogP contribution in [0.5, 0.6) is 0 Å². The molecule has 1 saturated heterocycles. The Hall–Kier alpha value is -2.96. The summed E-state index contributed by atoms with van der Waals surface area (Å²) in [6.45, 7) is 2.73. The smallest absolute Gasteiger partial charge is 0.274 e. The van der Waals surface area contributed by atoms with Crippen molar-refractivity contribution in [2.45, 2.75) is 0 Å². The van der Waals surface area contributed by atoms with E-state index in [0.717, 1.165) is 12.1 Å². The van der Waals surface area contributed by atoms with Crippen LogP contribution in [0.1, 0.15) is 10.5 Å². The van der Waals surface area contributed by atoms with E-state index in [1.165, 1.54) is 24.3 Å². The van der Waals surface area contributed by atoms with Gasteiger partial charge in [0.1, 0.15) is 11.5 Å². The van der Waals surface area contributed by atoms with E-state index >= 15 is 0 Å². The first-order chi connectivity index (χ1) is 11.7. The van der Waals surface area contributed by atoms with Crippen LogP contribution in [0, 0.1) is 5.82 Å². The highest BCUT2D eigenvalue weighted by Gasteiger charge is 2.17. The third kappa shape index (κ3) is 3.68. The van der Waals surface area contributed by atoms with Gasteiger partial charge in [0.25, 0.3) is 5.91 Å². The Labute approximate surface area is 138 Å². The Kier molecular flexibility index (Phi) is 4.69. The van der Waals surface area contributed by atoms with Gasteiger partial charge in [0.05, 0.1) is 0 Å². The van der Waals surface area contributed by atoms with Crippen LogP contribution in [0.3, 0.4) is 0 Å². The number of benzene rings is 1. The van der Waals surface area contributed by atoms with Crippen molar-refractivity contribution in [3.8, 4) is 0 Å². The fraction of sp³-hybridized carbons (Fsp3) is 0.235. The number of hydrogen-bond donors (Lipinski definition) is 1. The van der Waals surface area contributed by atoms with Gasteiger partial charge in [-0.2, -0.15) is 0 Å². The zero-order chi connectivity index (χ0) is 16.9. The summed E-state index contributed by atoms with van der Waals surface area (Å²) in [5.41, 5.74) is 1.68. The van der Waals surface area contributed by atoms with E-state index in [4.69, 9.17) is 0 Å². The third-order valence-corrected chi connectivity index (χ3v) is 3.91. The molecule has 1 fully saturated rings. The Morgan fingerprint density at radius 1 is 1.12 bits per heavy atom. The van der Waals surface area contributed by atoms with Gasteiger partial charge in [0, 0.05) is 43.8 Å². The van der Waals surface area contributed by atoms with Crippen molar-refractivity contribution in [2.75, 3.05) is 36.4 Å². The number of carbonyl (C=O) groups is 2. The van der Waals surface area contributed by atoms with E-state index in [0.29, 0.717) is 31.9 Å². The number of hydrogen-bond acceptors (Lipinski definition) is 4. The fourth-order valence-corrected chi connectivity index (χ4v) is 2.55. The van der Waals surface area contributed by atoms with Crippen LogP contribution < -0.4 is 10.2 Å².